The lowest BCUT2D eigenvalue weighted by Gasteiger charge is -2.20. The van der Waals surface area contributed by atoms with E-state index in [0.717, 1.165) is 24.5 Å². The van der Waals surface area contributed by atoms with Crippen LogP contribution in [0.1, 0.15) is 81.3 Å². The molecule has 7 heteroatoms. The van der Waals surface area contributed by atoms with Gasteiger partial charge < -0.3 is 20.7 Å². The first-order chi connectivity index (χ1) is 14.5. The number of ether oxygens (including phenoxy) is 1. The second-order valence-electron chi connectivity index (χ2n) is 7.14. The number of unbranched alkanes of at least 4 members (excludes halogenated alkanes) is 8. The number of carboxylic acid groups (broad SMARTS) is 1. The maximum Gasteiger partial charge on any atom is 0.331 e. The summed E-state index contributed by atoms with van der Waals surface area (Å²) in [5.74, 6) is 4.21. The summed E-state index contributed by atoms with van der Waals surface area (Å²) in [6.45, 7) is 1.85. The summed E-state index contributed by atoms with van der Waals surface area (Å²) < 4.78 is 5.25. The molecule has 0 saturated carbocycles. The maximum atomic E-state index is 11.8. The van der Waals surface area contributed by atoms with E-state index in [1.54, 1.807) is 6.07 Å². The Morgan fingerprint density at radius 2 is 1.83 bits per heavy atom. The lowest BCUT2D eigenvalue weighted by Crippen LogP contribution is -2.34. The molecule has 0 bridgehead atoms. The molecule has 0 aliphatic heterocycles. The number of rotatable bonds is 14. The molecule has 166 valence electrons. The molecule has 0 spiro atoms. The van der Waals surface area contributed by atoms with E-state index in [1.807, 2.05) is 5.38 Å². The first kappa shape index (κ1) is 25.9. The molecule has 1 rings (SSSR count). The van der Waals surface area contributed by atoms with Crippen molar-refractivity contribution in [3.8, 4) is 11.8 Å². The number of aliphatic hydroxyl groups is 1. The summed E-state index contributed by atoms with van der Waals surface area (Å²) in [7, 11) is 0. The SMILES string of the molecule is CCCCCCCCCCC#Cc1csc(C(OC(=O)C=CC(=O)O)[C@@H](N)CO)c1. The second kappa shape index (κ2) is 15.7. The molecular weight excluding hydrogens is 402 g/mol. The molecule has 0 fully saturated rings. The molecule has 2 atom stereocenters. The summed E-state index contributed by atoms with van der Waals surface area (Å²) >= 11 is 1.34. The normalized spacial score (nSPS) is 12.9. The van der Waals surface area contributed by atoms with Crippen LogP contribution >= 0.6 is 11.3 Å². The maximum absolute atomic E-state index is 11.8. The molecule has 0 saturated heterocycles. The first-order valence-corrected chi connectivity index (χ1v) is 11.4. The lowest BCUT2D eigenvalue weighted by atomic mass is 10.1. The number of esters is 1. The number of hydrogen-bond acceptors (Lipinski definition) is 6. The minimum Gasteiger partial charge on any atom is -0.478 e. The van der Waals surface area contributed by atoms with Crippen LogP contribution in [0.2, 0.25) is 0 Å². The molecule has 6 nitrogen and oxygen atoms in total. The van der Waals surface area contributed by atoms with Gasteiger partial charge >= 0.3 is 11.9 Å². The van der Waals surface area contributed by atoms with Gasteiger partial charge in [0.2, 0.25) is 0 Å². The number of carboxylic acids is 1. The van der Waals surface area contributed by atoms with Crippen molar-refractivity contribution in [3.05, 3.63) is 34.0 Å². The van der Waals surface area contributed by atoms with Gasteiger partial charge in [-0.1, -0.05) is 63.7 Å². The molecule has 1 aromatic heterocycles. The third-order valence-corrected chi connectivity index (χ3v) is 5.49. The number of thiophene rings is 1. The van der Waals surface area contributed by atoms with Gasteiger partial charge in [0.1, 0.15) is 0 Å². The summed E-state index contributed by atoms with van der Waals surface area (Å²) in [4.78, 5) is 23.0. The fraction of sp³-hybridized carbons (Fsp3) is 0.565. The molecule has 0 aliphatic rings. The minimum atomic E-state index is -1.25. The average Bonchev–Trinajstić information content (AvgIpc) is 3.19. The van der Waals surface area contributed by atoms with Crippen molar-refractivity contribution in [2.75, 3.05) is 6.61 Å². The molecule has 1 unspecified atom stereocenters. The Labute approximate surface area is 183 Å². The highest BCUT2D eigenvalue weighted by Gasteiger charge is 2.24. The van der Waals surface area contributed by atoms with Crippen molar-refractivity contribution in [1.82, 2.24) is 0 Å². The lowest BCUT2D eigenvalue weighted by molar-refractivity contribution is -0.145. The fourth-order valence-electron chi connectivity index (χ4n) is 2.84. The zero-order valence-corrected chi connectivity index (χ0v) is 18.5. The average molecular weight is 436 g/mol. The number of nitrogens with two attached hydrogens (primary N) is 1. The van der Waals surface area contributed by atoms with Gasteiger partial charge in [-0.25, -0.2) is 9.59 Å². The Balaban J connectivity index is 2.51. The third-order valence-electron chi connectivity index (χ3n) is 4.49. The largest absolute Gasteiger partial charge is 0.478 e. The van der Waals surface area contributed by atoms with Crippen molar-refractivity contribution in [2.24, 2.45) is 5.73 Å². The first-order valence-electron chi connectivity index (χ1n) is 10.5. The van der Waals surface area contributed by atoms with Gasteiger partial charge in [0.05, 0.1) is 12.6 Å². The smallest absolute Gasteiger partial charge is 0.331 e. The Morgan fingerprint density at radius 1 is 1.17 bits per heavy atom. The predicted octanol–water partition coefficient (Wildman–Crippen LogP) is 4.18. The highest BCUT2D eigenvalue weighted by Crippen LogP contribution is 2.27. The van der Waals surface area contributed by atoms with Crippen LogP contribution in [-0.2, 0) is 14.3 Å². The van der Waals surface area contributed by atoms with Gasteiger partial charge in [0, 0.05) is 34.4 Å². The zero-order valence-electron chi connectivity index (χ0n) is 17.6. The number of aliphatic hydroxyl groups excluding tert-OH is 1. The van der Waals surface area contributed by atoms with Gasteiger partial charge in [-0.15, -0.1) is 11.3 Å². The van der Waals surface area contributed by atoms with Crippen molar-refractivity contribution >= 4 is 23.3 Å². The van der Waals surface area contributed by atoms with Gasteiger partial charge in [-0.2, -0.15) is 0 Å². The molecule has 1 aromatic rings. The number of carbonyl (C=O) groups is 2. The van der Waals surface area contributed by atoms with Gasteiger partial charge in [0.15, 0.2) is 6.10 Å². The van der Waals surface area contributed by atoms with Crippen LogP contribution in [0.4, 0.5) is 0 Å². The zero-order chi connectivity index (χ0) is 22.2. The Morgan fingerprint density at radius 3 is 2.47 bits per heavy atom. The Bertz CT molecular complexity index is 731. The van der Waals surface area contributed by atoms with E-state index in [4.69, 9.17) is 15.6 Å². The number of aliphatic carboxylic acids is 1. The van der Waals surface area contributed by atoms with Crippen molar-refractivity contribution in [2.45, 2.75) is 76.9 Å². The molecule has 30 heavy (non-hydrogen) atoms. The van der Waals surface area contributed by atoms with Crippen molar-refractivity contribution < 1.29 is 24.5 Å². The van der Waals surface area contributed by atoms with E-state index in [9.17, 15) is 14.7 Å². The molecule has 0 radical (unpaired) electrons. The second-order valence-corrected chi connectivity index (χ2v) is 8.08. The molecule has 4 N–H and O–H groups in total. The standard InChI is InChI=1S/C23H33NO5S/c1-2-3-4-5-6-7-8-9-10-11-12-18-15-20(30-17-18)23(19(24)16-25)29-22(28)14-13-21(26)27/h13-15,17,19,23,25H,2-10,16,24H2,1H3,(H,26,27)/t19-,23?/m0/s1. The van der Waals surface area contributed by atoms with E-state index in [-0.39, 0.29) is 6.61 Å². The third kappa shape index (κ3) is 11.1. The van der Waals surface area contributed by atoms with E-state index < -0.39 is 24.1 Å². The predicted molar refractivity (Wildman–Crippen MR) is 119 cm³/mol. The van der Waals surface area contributed by atoms with Crippen molar-refractivity contribution in [3.63, 3.8) is 0 Å². The minimum absolute atomic E-state index is 0.377. The van der Waals surface area contributed by atoms with Crippen LogP contribution in [0, 0.1) is 11.8 Å². The van der Waals surface area contributed by atoms with E-state index in [2.05, 4.69) is 18.8 Å². The summed E-state index contributed by atoms with van der Waals surface area (Å²) in [5, 5.41) is 19.8. The molecule has 0 aromatic carbocycles. The van der Waals surface area contributed by atoms with Crippen LogP contribution in [0.5, 0.6) is 0 Å². The highest BCUT2D eigenvalue weighted by molar-refractivity contribution is 7.10. The summed E-state index contributed by atoms with van der Waals surface area (Å²) in [5.41, 5.74) is 6.68. The number of hydrogen-bond donors (Lipinski definition) is 3. The molecule has 0 aliphatic carbocycles. The Hall–Kier alpha value is -2.14. The van der Waals surface area contributed by atoms with Gasteiger partial charge in [-0.05, 0) is 12.5 Å². The van der Waals surface area contributed by atoms with E-state index in [0.29, 0.717) is 11.0 Å². The van der Waals surface area contributed by atoms with Crippen molar-refractivity contribution in [1.29, 1.82) is 0 Å². The topological polar surface area (TPSA) is 110 Å². The monoisotopic (exact) mass is 435 g/mol. The van der Waals surface area contributed by atoms with E-state index in [1.165, 1.54) is 56.3 Å². The quantitative estimate of drug-likeness (QED) is 0.175. The van der Waals surface area contributed by atoms with Crippen LogP contribution in [0.15, 0.2) is 23.6 Å². The van der Waals surface area contributed by atoms with Crippen LogP contribution in [0.3, 0.4) is 0 Å². The Kier molecular flexibility index (Phi) is 13.5. The summed E-state index contributed by atoms with van der Waals surface area (Å²) in [6.07, 6.45) is 11.6. The number of carbonyl (C=O) groups excluding carboxylic acids is 1. The van der Waals surface area contributed by atoms with Gasteiger partial charge in [0.25, 0.3) is 0 Å². The van der Waals surface area contributed by atoms with E-state index >= 15 is 0 Å². The van der Waals surface area contributed by atoms with Crippen LogP contribution in [0.25, 0.3) is 0 Å². The highest BCUT2D eigenvalue weighted by atomic mass is 32.1. The molecular formula is C23H33NO5S. The fourth-order valence-corrected chi connectivity index (χ4v) is 3.78. The van der Waals surface area contributed by atoms with Crippen LogP contribution in [-0.4, -0.2) is 34.8 Å². The molecule has 0 amide bonds. The molecule has 1 heterocycles. The van der Waals surface area contributed by atoms with Gasteiger partial charge in [-0.3, -0.25) is 0 Å². The summed E-state index contributed by atoms with van der Waals surface area (Å²) in [6, 6.07) is 0.976. The van der Waals surface area contributed by atoms with Crippen LogP contribution < -0.4 is 5.73 Å².